The molecule has 0 unspecified atom stereocenters. The van der Waals surface area contributed by atoms with Crippen molar-refractivity contribution in [2.45, 2.75) is 32.1 Å². The van der Waals surface area contributed by atoms with Crippen LogP contribution in [0.5, 0.6) is 0 Å². The van der Waals surface area contributed by atoms with Gasteiger partial charge in [-0.2, -0.15) is 18.3 Å². The number of aromatic nitrogens is 4. The number of nitrogens with one attached hydrogen (secondary N) is 1. The lowest BCUT2D eigenvalue weighted by Crippen LogP contribution is -2.22. The van der Waals surface area contributed by atoms with Gasteiger partial charge in [-0.05, 0) is 18.9 Å². The van der Waals surface area contributed by atoms with Crippen molar-refractivity contribution in [3.8, 4) is 0 Å². The van der Waals surface area contributed by atoms with Gasteiger partial charge in [0, 0.05) is 5.56 Å². The number of H-pyrrole nitrogens is 1. The number of nitrogens with zero attached hydrogens (tertiary/aromatic N) is 3. The fourth-order valence-corrected chi connectivity index (χ4v) is 2.56. The van der Waals surface area contributed by atoms with Crippen molar-refractivity contribution in [3.63, 3.8) is 0 Å². The lowest BCUT2D eigenvalue weighted by Gasteiger charge is -2.03. The van der Waals surface area contributed by atoms with Crippen LogP contribution >= 0.6 is 0 Å². The predicted molar refractivity (Wildman–Crippen MR) is 85.5 cm³/mol. The van der Waals surface area contributed by atoms with E-state index >= 15 is 0 Å². The number of alkyl halides is 3. The van der Waals surface area contributed by atoms with Crippen LogP contribution < -0.4 is 11.1 Å². The maximum atomic E-state index is 13.7. The number of halogens is 4. The van der Waals surface area contributed by atoms with E-state index in [9.17, 15) is 27.2 Å². The SMILES string of the molecule is FC(F)F.O=c1c2[nH]n(Cc3ccccc3F)c(=O)c2cnn1C1CC1. The first-order chi connectivity index (χ1) is 12.4. The lowest BCUT2D eigenvalue weighted by atomic mass is 10.2. The third kappa shape index (κ3) is 3.68. The van der Waals surface area contributed by atoms with Gasteiger partial charge in [0.25, 0.3) is 11.1 Å². The molecule has 0 atom stereocenters. The Morgan fingerprint density at radius 2 is 1.81 bits per heavy atom. The Kier molecular flexibility index (Phi) is 4.92. The molecule has 0 saturated heterocycles. The molecule has 2 heterocycles. The molecule has 2 aromatic heterocycles. The Morgan fingerprint density at radius 3 is 2.42 bits per heavy atom. The molecule has 3 aromatic rings. The summed E-state index contributed by atoms with van der Waals surface area (Å²) in [6.07, 6.45) is 3.27. The number of rotatable bonds is 3. The third-order valence-electron chi connectivity index (χ3n) is 3.90. The van der Waals surface area contributed by atoms with Crippen LogP contribution in [0.2, 0.25) is 0 Å². The van der Waals surface area contributed by atoms with Crippen LogP contribution in [0.3, 0.4) is 0 Å². The largest absolute Gasteiger partial charge is 0.379 e. The van der Waals surface area contributed by atoms with Gasteiger partial charge in [0.2, 0.25) is 0 Å². The molecule has 26 heavy (non-hydrogen) atoms. The summed E-state index contributed by atoms with van der Waals surface area (Å²) in [6, 6.07) is 6.37. The van der Waals surface area contributed by atoms with E-state index in [1.165, 1.54) is 21.6 Å². The number of hydrogen-bond acceptors (Lipinski definition) is 3. The monoisotopic (exact) mass is 370 g/mol. The molecule has 1 saturated carbocycles. The van der Waals surface area contributed by atoms with Gasteiger partial charge in [0.1, 0.15) is 11.3 Å². The van der Waals surface area contributed by atoms with E-state index in [2.05, 4.69) is 10.2 Å². The smallest absolute Gasteiger partial charge is 0.289 e. The van der Waals surface area contributed by atoms with Crippen LogP contribution in [-0.2, 0) is 6.54 Å². The molecular formula is C16H14F4N4O2. The van der Waals surface area contributed by atoms with Gasteiger partial charge in [0.15, 0.2) is 0 Å². The molecule has 0 spiro atoms. The first-order valence-corrected chi connectivity index (χ1v) is 7.74. The minimum absolute atomic E-state index is 0.0447. The van der Waals surface area contributed by atoms with Crippen molar-refractivity contribution in [2.75, 3.05) is 0 Å². The van der Waals surface area contributed by atoms with Crippen molar-refractivity contribution in [3.05, 3.63) is 62.6 Å². The molecule has 0 radical (unpaired) electrons. The molecule has 1 aliphatic carbocycles. The van der Waals surface area contributed by atoms with E-state index < -0.39 is 6.68 Å². The summed E-state index contributed by atoms with van der Waals surface area (Å²) in [6.45, 7) is -3.62. The van der Waals surface area contributed by atoms with Gasteiger partial charge in [0.05, 0.1) is 24.2 Å². The number of hydrogen-bond donors (Lipinski definition) is 1. The minimum Gasteiger partial charge on any atom is -0.289 e. The molecule has 6 nitrogen and oxygen atoms in total. The van der Waals surface area contributed by atoms with Crippen LogP contribution in [0.15, 0.2) is 40.1 Å². The molecule has 1 N–H and O–H groups in total. The molecule has 1 fully saturated rings. The Bertz CT molecular complexity index is 1030. The highest BCUT2D eigenvalue weighted by atomic mass is 19.4. The third-order valence-corrected chi connectivity index (χ3v) is 3.90. The van der Waals surface area contributed by atoms with Gasteiger partial charge in [-0.15, -0.1) is 0 Å². The predicted octanol–water partition coefficient (Wildman–Crippen LogP) is 2.59. The van der Waals surface area contributed by atoms with Crippen molar-refractivity contribution in [1.29, 1.82) is 0 Å². The van der Waals surface area contributed by atoms with Gasteiger partial charge in [-0.3, -0.25) is 14.7 Å². The average molecular weight is 370 g/mol. The molecule has 0 amide bonds. The Hall–Kier alpha value is -2.91. The highest BCUT2D eigenvalue weighted by Gasteiger charge is 2.27. The van der Waals surface area contributed by atoms with E-state index in [0.29, 0.717) is 5.56 Å². The van der Waals surface area contributed by atoms with Crippen LogP contribution in [0.25, 0.3) is 10.9 Å². The maximum Gasteiger partial charge on any atom is 0.379 e. The summed E-state index contributed by atoms with van der Waals surface area (Å²) in [5.41, 5.74) is -0.0648. The highest BCUT2D eigenvalue weighted by molar-refractivity contribution is 5.75. The van der Waals surface area contributed by atoms with Crippen LogP contribution in [0.1, 0.15) is 24.4 Å². The van der Waals surface area contributed by atoms with E-state index in [1.807, 2.05) is 0 Å². The topological polar surface area (TPSA) is 72.7 Å². The molecular weight excluding hydrogens is 356 g/mol. The Labute approximate surface area is 143 Å². The molecule has 138 valence electrons. The summed E-state index contributed by atoms with van der Waals surface area (Å²) in [7, 11) is 0. The summed E-state index contributed by atoms with van der Waals surface area (Å²) in [4.78, 5) is 24.7. The normalized spacial score (nSPS) is 13.7. The fraction of sp³-hybridized carbons (Fsp3) is 0.312. The molecule has 1 aromatic carbocycles. The first kappa shape index (κ1) is 17.9. The summed E-state index contributed by atoms with van der Waals surface area (Å²) in [5, 5.41) is 7.09. The second kappa shape index (κ2) is 7.14. The van der Waals surface area contributed by atoms with Gasteiger partial charge in [-0.25, -0.2) is 13.8 Å². The molecule has 0 bridgehead atoms. The Morgan fingerprint density at radius 1 is 1.15 bits per heavy atom. The van der Waals surface area contributed by atoms with Crippen LogP contribution in [0.4, 0.5) is 17.6 Å². The molecule has 1 aliphatic rings. The quantitative estimate of drug-likeness (QED) is 0.721. The highest BCUT2D eigenvalue weighted by Crippen LogP contribution is 2.32. The maximum absolute atomic E-state index is 13.7. The van der Waals surface area contributed by atoms with Gasteiger partial charge < -0.3 is 0 Å². The zero-order valence-corrected chi connectivity index (χ0v) is 13.3. The standard InChI is InChI=1S/C15H13FN4O2.CHF3/c16-12-4-2-1-3-9(12)8-19-14(21)11-7-17-20(10-5-6-10)15(22)13(11)18-19;2-1(3)4/h1-4,7,10,18H,5-6,8H2;1H. The average Bonchev–Trinajstić information content (AvgIpc) is 3.36. The van der Waals surface area contributed by atoms with E-state index in [-0.39, 0.29) is 40.4 Å². The van der Waals surface area contributed by atoms with Crippen molar-refractivity contribution in [1.82, 2.24) is 19.6 Å². The van der Waals surface area contributed by atoms with Gasteiger partial charge in [-0.1, -0.05) is 18.2 Å². The van der Waals surface area contributed by atoms with Crippen molar-refractivity contribution in [2.24, 2.45) is 0 Å². The van der Waals surface area contributed by atoms with Crippen molar-refractivity contribution < 1.29 is 17.6 Å². The van der Waals surface area contributed by atoms with Crippen LogP contribution in [-0.4, -0.2) is 26.2 Å². The molecule has 10 heteroatoms. The zero-order chi connectivity index (χ0) is 18.8. The number of aromatic amines is 1. The molecule has 4 rings (SSSR count). The zero-order valence-electron chi connectivity index (χ0n) is 13.3. The fourth-order valence-electron chi connectivity index (χ4n) is 2.56. The summed E-state index contributed by atoms with van der Waals surface area (Å²) in [5.74, 6) is -0.387. The summed E-state index contributed by atoms with van der Waals surface area (Å²) < 4.78 is 45.4. The van der Waals surface area contributed by atoms with E-state index in [1.54, 1.807) is 18.2 Å². The van der Waals surface area contributed by atoms with Crippen LogP contribution in [0, 0.1) is 5.82 Å². The minimum atomic E-state index is -3.67. The lowest BCUT2D eigenvalue weighted by molar-refractivity contribution is 0.00819. The van der Waals surface area contributed by atoms with Gasteiger partial charge >= 0.3 is 6.68 Å². The van der Waals surface area contributed by atoms with E-state index in [4.69, 9.17) is 0 Å². The van der Waals surface area contributed by atoms with E-state index in [0.717, 1.165) is 12.8 Å². The summed E-state index contributed by atoms with van der Waals surface area (Å²) >= 11 is 0. The second-order valence-corrected chi connectivity index (χ2v) is 5.76. The van der Waals surface area contributed by atoms with Crippen molar-refractivity contribution >= 4 is 10.9 Å². The second-order valence-electron chi connectivity index (χ2n) is 5.76. The number of fused-ring (bicyclic) bond motifs is 1. The Balaban J connectivity index is 0.000000447. The number of benzene rings is 1. The molecule has 0 aliphatic heterocycles. The first-order valence-electron chi connectivity index (χ1n) is 7.74.